The summed E-state index contributed by atoms with van der Waals surface area (Å²) in [6.45, 7) is 1.66. The van der Waals surface area contributed by atoms with Gasteiger partial charge in [-0.1, -0.05) is 0 Å². The molecule has 10 heteroatoms. The van der Waals surface area contributed by atoms with Gasteiger partial charge in [0.2, 0.25) is 15.9 Å². The van der Waals surface area contributed by atoms with Gasteiger partial charge in [-0.3, -0.25) is 14.3 Å². The number of nitrogens with one attached hydrogen (secondary N) is 2. The summed E-state index contributed by atoms with van der Waals surface area (Å²) in [5, 5.41) is 6.72. The molecule has 2 aromatic rings. The molecule has 9 nitrogen and oxygen atoms in total. The number of carbonyl (C=O) groups excluding carboxylic acids is 2. The quantitative estimate of drug-likeness (QED) is 0.608. The van der Waals surface area contributed by atoms with Gasteiger partial charge in [0, 0.05) is 30.9 Å². The number of benzene rings is 1. The zero-order valence-electron chi connectivity index (χ0n) is 13.8. The van der Waals surface area contributed by atoms with Crippen molar-refractivity contribution in [3.05, 3.63) is 47.8 Å². The lowest BCUT2D eigenvalue weighted by Gasteiger charge is -2.11. The summed E-state index contributed by atoms with van der Waals surface area (Å²) in [5.41, 5.74) is 6.20. The van der Waals surface area contributed by atoms with Crippen LogP contribution in [0, 0.1) is 0 Å². The Labute approximate surface area is 145 Å². The van der Waals surface area contributed by atoms with Crippen LogP contribution in [0.5, 0.6) is 0 Å². The summed E-state index contributed by atoms with van der Waals surface area (Å²) >= 11 is 0. The molecule has 1 aromatic carbocycles. The van der Waals surface area contributed by atoms with Crippen LogP contribution in [0.3, 0.4) is 0 Å². The number of hydrogen-bond acceptors (Lipinski definition) is 5. The highest BCUT2D eigenvalue weighted by Gasteiger charge is 2.20. The Morgan fingerprint density at radius 3 is 2.44 bits per heavy atom. The van der Waals surface area contributed by atoms with Crippen LogP contribution in [-0.4, -0.2) is 36.1 Å². The summed E-state index contributed by atoms with van der Waals surface area (Å²) in [6, 6.07) is 4.32. The van der Waals surface area contributed by atoms with Crippen molar-refractivity contribution in [2.45, 2.75) is 24.4 Å². The molecule has 0 fully saturated rings. The number of hydrogen-bond donors (Lipinski definition) is 3. The van der Waals surface area contributed by atoms with Crippen molar-refractivity contribution in [1.29, 1.82) is 0 Å². The maximum absolute atomic E-state index is 12.1. The van der Waals surface area contributed by atoms with Crippen LogP contribution in [0.15, 0.2) is 41.6 Å². The maximum atomic E-state index is 12.1. The smallest absolute Gasteiger partial charge is 0.251 e. The van der Waals surface area contributed by atoms with E-state index in [1.807, 2.05) is 0 Å². The van der Waals surface area contributed by atoms with E-state index in [9.17, 15) is 18.0 Å². The van der Waals surface area contributed by atoms with E-state index in [1.165, 1.54) is 31.2 Å². The van der Waals surface area contributed by atoms with Gasteiger partial charge in [0.25, 0.3) is 5.91 Å². The van der Waals surface area contributed by atoms with E-state index in [2.05, 4.69) is 15.1 Å². The molecule has 2 amide bonds. The van der Waals surface area contributed by atoms with Crippen LogP contribution < -0.4 is 15.8 Å². The van der Waals surface area contributed by atoms with E-state index >= 15 is 0 Å². The number of aryl methyl sites for hydroxylation is 1. The van der Waals surface area contributed by atoms with Crippen LogP contribution in [0.1, 0.15) is 22.8 Å². The number of nitrogens with two attached hydrogens (primary N) is 1. The minimum Gasteiger partial charge on any atom is -0.368 e. The summed E-state index contributed by atoms with van der Waals surface area (Å²) < 4.78 is 28.0. The lowest BCUT2D eigenvalue weighted by atomic mass is 10.2. The molecule has 0 spiro atoms. The molecule has 4 N–H and O–H groups in total. The lowest BCUT2D eigenvalue weighted by molar-refractivity contribution is -0.119. The summed E-state index contributed by atoms with van der Waals surface area (Å²) in [5.74, 6) is -1.12. The minimum atomic E-state index is -3.89. The Morgan fingerprint density at radius 1 is 1.28 bits per heavy atom. The molecule has 1 aromatic heterocycles. The molecule has 0 saturated heterocycles. The van der Waals surface area contributed by atoms with Crippen LogP contribution in [0.25, 0.3) is 0 Å². The van der Waals surface area contributed by atoms with Gasteiger partial charge in [-0.05, 0) is 31.2 Å². The average molecular weight is 365 g/mol. The summed E-state index contributed by atoms with van der Waals surface area (Å²) in [4.78, 5) is 23.0. The molecule has 2 rings (SSSR count). The second kappa shape index (κ2) is 7.45. The molecule has 0 bridgehead atoms. The summed E-state index contributed by atoms with van der Waals surface area (Å²) in [6.07, 6.45) is 3.42. The first-order valence-electron chi connectivity index (χ1n) is 7.36. The largest absolute Gasteiger partial charge is 0.368 e. The van der Waals surface area contributed by atoms with Gasteiger partial charge >= 0.3 is 0 Å². The van der Waals surface area contributed by atoms with Crippen molar-refractivity contribution in [2.75, 3.05) is 0 Å². The fourth-order valence-electron chi connectivity index (χ4n) is 1.99. The molecule has 0 aliphatic rings. The van der Waals surface area contributed by atoms with E-state index in [4.69, 9.17) is 5.73 Å². The number of nitrogens with zero attached hydrogens (tertiary/aromatic N) is 2. The Hall–Kier alpha value is -2.72. The van der Waals surface area contributed by atoms with Gasteiger partial charge in [-0.25, -0.2) is 8.42 Å². The highest BCUT2D eigenvalue weighted by atomic mass is 32.2. The van der Waals surface area contributed by atoms with Crippen LogP contribution in [0.4, 0.5) is 0 Å². The summed E-state index contributed by atoms with van der Waals surface area (Å²) in [7, 11) is -2.12. The van der Waals surface area contributed by atoms with Gasteiger partial charge < -0.3 is 11.1 Å². The van der Waals surface area contributed by atoms with Crippen molar-refractivity contribution in [3.8, 4) is 0 Å². The number of sulfonamides is 1. The SMILES string of the molecule is C[C@@H](NS(=O)(=O)c1ccc(C(=O)NCc2cnn(C)c2)cc1)C(N)=O. The zero-order valence-corrected chi connectivity index (χ0v) is 14.6. The molecular formula is C15H19N5O4S. The molecule has 0 unspecified atom stereocenters. The Morgan fingerprint density at radius 2 is 1.92 bits per heavy atom. The standard InChI is InChI=1S/C15H19N5O4S/c1-10(14(16)21)19-25(23,24)13-5-3-12(4-6-13)15(22)17-7-11-8-18-20(2)9-11/h3-6,8-10,19H,7H2,1-2H3,(H2,16,21)(H,17,22)/t10-/m1/s1. The Balaban J connectivity index is 2.03. The monoisotopic (exact) mass is 365 g/mol. The molecule has 0 saturated carbocycles. The fraction of sp³-hybridized carbons (Fsp3) is 0.267. The van der Waals surface area contributed by atoms with Crippen molar-refractivity contribution in [1.82, 2.24) is 19.8 Å². The number of rotatable bonds is 7. The van der Waals surface area contributed by atoms with Gasteiger partial charge in [0.15, 0.2) is 0 Å². The number of carbonyl (C=O) groups is 2. The second-order valence-corrected chi connectivity index (χ2v) is 7.19. The number of amides is 2. The van der Waals surface area contributed by atoms with Gasteiger partial charge in [0.1, 0.15) is 0 Å². The van der Waals surface area contributed by atoms with Crippen molar-refractivity contribution in [2.24, 2.45) is 12.8 Å². The third-order valence-electron chi connectivity index (χ3n) is 3.40. The van der Waals surface area contributed by atoms with Gasteiger partial charge in [0.05, 0.1) is 17.1 Å². The van der Waals surface area contributed by atoms with Gasteiger partial charge in [-0.15, -0.1) is 0 Å². The predicted octanol–water partition coefficient (Wildman–Crippen LogP) is -0.498. The van der Waals surface area contributed by atoms with Crippen molar-refractivity contribution in [3.63, 3.8) is 0 Å². The van der Waals surface area contributed by atoms with E-state index in [1.54, 1.807) is 24.1 Å². The van der Waals surface area contributed by atoms with Crippen LogP contribution in [0.2, 0.25) is 0 Å². The molecule has 134 valence electrons. The van der Waals surface area contributed by atoms with Crippen LogP contribution in [-0.2, 0) is 28.4 Å². The predicted molar refractivity (Wildman–Crippen MR) is 89.8 cm³/mol. The topological polar surface area (TPSA) is 136 Å². The molecule has 25 heavy (non-hydrogen) atoms. The third-order valence-corrected chi connectivity index (χ3v) is 4.95. The van der Waals surface area contributed by atoms with Crippen molar-refractivity contribution >= 4 is 21.8 Å². The van der Waals surface area contributed by atoms with Gasteiger partial charge in [-0.2, -0.15) is 9.82 Å². The first-order valence-corrected chi connectivity index (χ1v) is 8.85. The lowest BCUT2D eigenvalue weighted by Crippen LogP contribution is -2.42. The highest BCUT2D eigenvalue weighted by Crippen LogP contribution is 2.11. The maximum Gasteiger partial charge on any atom is 0.251 e. The van der Waals surface area contributed by atoms with E-state index in [0.717, 1.165) is 5.56 Å². The minimum absolute atomic E-state index is 0.0654. The number of primary amides is 1. The highest BCUT2D eigenvalue weighted by molar-refractivity contribution is 7.89. The molecule has 1 heterocycles. The molecular weight excluding hydrogens is 346 g/mol. The third kappa shape index (κ3) is 4.88. The molecule has 0 aliphatic heterocycles. The van der Waals surface area contributed by atoms with Crippen molar-refractivity contribution < 1.29 is 18.0 Å². The zero-order chi connectivity index (χ0) is 18.6. The Bertz CT molecular complexity index is 874. The molecule has 0 aliphatic carbocycles. The van der Waals surface area contributed by atoms with Crippen LogP contribution >= 0.6 is 0 Å². The first-order chi connectivity index (χ1) is 11.7. The normalized spacial score (nSPS) is 12.6. The molecule has 1 atom stereocenters. The second-order valence-electron chi connectivity index (χ2n) is 5.47. The first kappa shape index (κ1) is 18.6. The average Bonchev–Trinajstić information content (AvgIpc) is 2.97. The molecule has 0 radical (unpaired) electrons. The fourth-order valence-corrected chi connectivity index (χ4v) is 3.20. The number of aromatic nitrogens is 2. The van der Waals surface area contributed by atoms with E-state index < -0.39 is 22.0 Å². The van der Waals surface area contributed by atoms with E-state index in [0.29, 0.717) is 12.1 Å². The van der Waals surface area contributed by atoms with E-state index in [-0.39, 0.29) is 10.8 Å². The Kier molecular flexibility index (Phi) is 5.55.